The fraction of sp³-hybridized carbons (Fsp3) is 0.455. The van der Waals surface area contributed by atoms with Crippen molar-refractivity contribution in [3.63, 3.8) is 0 Å². The lowest BCUT2D eigenvalue weighted by Gasteiger charge is -2.14. The fourth-order valence-electron chi connectivity index (χ4n) is 1.89. The van der Waals surface area contributed by atoms with Crippen LogP contribution in [0.5, 0.6) is 0 Å². The van der Waals surface area contributed by atoms with Gasteiger partial charge in [-0.25, -0.2) is 0 Å². The number of benzene rings is 1. The van der Waals surface area contributed by atoms with Crippen molar-refractivity contribution in [3.8, 4) is 0 Å². The quantitative estimate of drug-likeness (QED) is 0.257. The second kappa shape index (κ2) is 6.32. The molecule has 1 aromatic carbocycles. The molecule has 0 radical (unpaired) electrons. The number of nitrogen functional groups attached to an aromatic ring is 2. The number of hydrogen-bond acceptors (Lipinski definition) is 7. The number of aliphatic hydroxyl groups excluding tert-OH is 3. The van der Waals surface area contributed by atoms with E-state index in [0.29, 0.717) is 5.56 Å². The van der Waals surface area contributed by atoms with Crippen molar-refractivity contribution in [3.05, 3.63) is 27.3 Å². The molecule has 1 aromatic rings. The van der Waals surface area contributed by atoms with Gasteiger partial charge in [0.25, 0.3) is 5.69 Å². The van der Waals surface area contributed by atoms with E-state index in [9.17, 15) is 15.2 Å². The van der Waals surface area contributed by atoms with Crippen molar-refractivity contribution < 1.29 is 20.2 Å². The highest BCUT2D eigenvalue weighted by molar-refractivity contribution is 5.75. The maximum atomic E-state index is 11.1. The molecule has 0 aliphatic heterocycles. The minimum atomic E-state index is -1.12. The molecule has 1 atom stereocenters. The molecule has 1 rings (SSSR count). The summed E-state index contributed by atoms with van der Waals surface area (Å²) in [5, 5.41) is 38.1. The largest absolute Gasteiger partial charge is 0.398 e. The molecule has 0 heterocycles. The van der Waals surface area contributed by atoms with Crippen LogP contribution in [0.4, 0.5) is 17.1 Å². The summed E-state index contributed by atoms with van der Waals surface area (Å²) >= 11 is 0. The first kappa shape index (κ1) is 15.2. The topological polar surface area (TPSA) is 156 Å². The second-order valence-electron chi connectivity index (χ2n) is 4.14. The third kappa shape index (κ3) is 3.31. The maximum absolute atomic E-state index is 11.1. The van der Waals surface area contributed by atoms with Gasteiger partial charge in [-0.1, -0.05) is 0 Å². The lowest BCUT2D eigenvalue weighted by molar-refractivity contribution is -0.384. The van der Waals surface area contributed by atoms with Gasteiger partial charge >= 0.3 is 0 Å². The van der Waals surface area contributed by atoms with Crippen molar-refractivity contribution in [2.24, 2.45) is 0 Å². The molecule has 0 aliphatic rings. The van der Waals surface area contributed by atoms with E-state index in [1.807, 2.05) is 0 Å². The molecule has 8 heteroatoms. The molecule has 1 unspecified atom stereocenters. The molecule has 0 saturated heterocycles. The average Bonchev–Trinajstić information content (AvgIpc) is 2.33. The molecule has 7 N–H and O–H groups in total. The SMILES string of the molecule is Nc1cc(CC(O)CO)c([N+](=O)[O-])c(N)c1CCO. The van der Waals surface area contributed by atoms with E-state index in [1.54, 1.807) is 0 Å². The number of hydrogen-bond donors (Lipinski definition) is 5. The summed E-state index contributed by atoms with van der Waals surface area (Å²) in [6.07, 6.45) is -1.14. The van der Waals surface area contributed by atoms with Gasteiger partial charge in [0.05, 0.1) is 17.6 Å². The van der Waals surface area contributed by atoms with Gasteiger partial charge in [0.15, 0.2) is 0 Å². The van der Waals surface area contributed by atoms with Crippen LogP contribution < -0.4 is 11.5 Å². The Hall–Kier alpha value is -1.90. The van der Waals surface area contributed by atoms with Crippen LogP contribution >= 0.6 is 0 Å². The summed E-state index contributed by atoms with van der Waals surface area (Å²) in [4.78, 5) is 10.4. The predicted molar refractivity (Wildman–Crippen MR) is 69.5 cm³/mol. The summed E-state index contributed by atoms with van der Waals surface area (Å²) in [6, 6.07) is 1.35. The monoisotopic (exact) mass is 271 g/mol. The van der Waals surface area contributed by atoms with Gasteiger partial charge in [0.1, 0.15) is 5.69 Å². The number of nitrogens with zero attached hydrogens (tertiary/aromatic N) is 1. The predicted octanol–water partition coefficient (Wildman–Crippen LogP) is -0.810. The molecule has 0 aromatic heterocycles. The van der Waals surface area contributed by atoms with Gasteiger partial charge in [-0.15, -0.1) is 0 Å². The highest BCUT2D eigenvalue weighted by Crippen LogP contribution is 2.35. The first-order valence-electron chi connectivity index (χ1n) is 5.66. The molecule has 0 bridgehead atoms. The number of aliphatic hydroxyl groups is 3. The molecule has 0 spiro atoms. The van der Waals surface area contributed by atoms with E-state index in [0.717, 1.165) is 0 Å². The molecule has 0 fully saturated rings. The van der Waals surface area contributed by atoms with Crippen LogP contribution in [0.25, 0.3) is 0 Å². The Labute approximate surface area is 109 Å². The molecule has 106 valence electrons. The van der Waals surface area contributed by atoms with Gasteiger partial charge in [-0.2, -0.15) is 0 Å². The smallest absolute Gasteiger partial charge is 0.295 e. The van der Waals surface area contributed by atoms with Crippen LogP contribution in [-0.4, -0.2) is 39.6 Å². The van der Waals surface area contributed by atoms with Crippen molar-refractivity contribution >= 4 is 17.1 Å². The van der Waals surface area contributed by atoms with E-state index in [2.05, 4.69) is 0 Å². The number of nitro benzene ring substituents is 1. The average molecular weight is 271 g/mol. The lowest BCUT2D eigenvalue weighted by atomic mass is 9.98. The highest BCUT2D eigenvalue weighted by Gasteiger charge is 2.24. The molecular weight excluding hydrogens is 254 g/mol. The minimum Gasteiger partial charge on any atom is -0.398 e. The van der Waals surface area contributed by atoms with Gasteiger partial charge in [-0.3, -0.25) is 10.1 Å². The van der Waals surface area contributed by atoms with Gasteiger partial charge in [0, 0.05) is 29.8 Å². The third-order valence-electron chi connectivity index (χ3n) is 2.77. The Kier molecular flexibility index (Phi) is 5.04. The zero-order chi connectivity index (χ0) is 14.6. The van der Waals surface area contributed by atoms with Gasteiger partial charge in [0.2, 0.25) is 0 Å². The van der Waals surface area contributed by atoms with Crippen LogP contribution in [0.2, 0.25) is 0 Å². The molecule has 0 aliphatic carbocycles. The summed E-state index contributed by atoms with van der Waals surface area (Å²) in [5.74, 6) is 0. The Morgan fingerprint density at radius 1 is 1.37 bits per heavy atom. The maximum Gasteiger partial charge on any atom is 0.295 e. The van der Waals surface area contributed by atoms with Gasteiger partial charge in [-0.05, 0) is 12.5 Å². The standard InChI is InChI=1S/C11H17N3O5/c12-9-4-6(3-7(17)5-16)11(14(18)19)10(13)8(9)1-2-15/h4,7,15-17H,1-3,5,12-13H2. The van der Waals surface area contributed by atoms with Crippen LogP contribution in [0.1, 0.15) is 11.1 Å². The number of nitro groups is 1. The van der Waals surface area contributed by atoms with Crippen molar-refractivity contribution in [1.29, 1.82) is 0 Å². The summed E-state index contributed by atoms with van der Waals surface area (Å²) < 4.78 is 0. The molecule has 0 amide bonds. The van der Waals surface area contributed by atoms with Crippen LogP contribution in [0.3, 0.4) is 0 Å². The van der Waals surface area contributed by atoms with E-state index in [4.69, 9.17) is 21.7 Å². The summed E-state index contributed by atoms with van der Waals surface area (Å²) in [5.41, 5.74) is 11.7. The first-order valence-corrected chi connectivity index (χ1v) is 5.66. The van der Waals surface area contributed by atoms with E-state index in [1.165, 1.54) is 6.07 Å². The first-order chi connectivity index (χ1) is 8.92. The van der Waals surface area contributed by atoms with Crippen LogP contribution in [-0.2, 0) is 12.8 Å². The summed E-state index contributed by atoms with van der Waals surface area (Å²) in [6.45, 7) is -0.750. The van der Waals surface area contributed by atoms with E-state index >= 15 is 0 Å². The molecular formula is C11H17N3O5. The summed E-state index contributed by atoms with van der Waals surface area (Å²) in [7, 11) is 0. The van der Waals surface area contributed by atoms with E-state index in [-0.39, 0.29) is 42.1 Å². The third-order valence-corrected chi connectivity index (χ3v) is 2.77. The second-order valence-corrected chi connectivity index (χ2v) is 4.14. The Bertz CT molecular complexity index is 478. The number of nitrogens with two attached hydrogens (primary N) is 2. The molecule has 19 heavy (non-hydrogen) atoms. The zero-order valence-electron chi connectivity index (χ0n) is 10.2. The minimum absolute atomic E-state index is 0.112. The van der Waals surface area contributed by atoms with Crippen LogP contribution in [0, 0.1) is 10.1 Å². The Morgan fingerprint density at radius 3 is 2.47 bits per heavy atom. The highest BCUT2D eigenvalue weighted by atomic mass is 16.6. The van der Waals surface area contributed by atoms with Crippen molar-refractivity contribution in [2.75, 3.05) is 24.7 Å². The lowest BCUT2D eigenvalue weighted by Crippen LogP contribution is -2.17. The van der Waals surface area contributed by atoms with E-state index < -0.39 is 17.6 Å². The normalized spacial score (nSPS) is 12.4. The Morgan fingerprint density at radius 2 is 2.00 bits per heavy atom. The van der Waals surface area contributed by atoms with Gasteiger partial charge < -0.3 is 26.8 Å². The number of rotatable bonds is 6. The van der Waals surface area contributed by atoms with Crippen molar-refractivity contribution in [1.82, 2.24) is 0 Å². The fourth-order valence-corrected chi connectivity index (χ4v) is 1.89. The molecule has 8 nitrogen and oxygen atoms in total. The Balaban J connectivity index is 3.35. The zero-order valence-corrected chi connectivity index (χ0v) is 10.2. The van der Waals surface area contributed by atoms with Crippen LogP contribution in [0.15, 0.2) is 6.07 Å². The molecule has 0 saturated carbocycles. The van der Waals surface area contributed by atoms with Crippen molar-refractivity contribution in [2.45, 2.75) is 18.9 Å². The number of anilines is 2.